The maximum Gasteiger partial charge on any atom is 0.145 e. The Labute approximate surface area is 312 Å². The lowest BCUT2D eigenvalue weighted by molar-refractivity contribution is 0.670. The Morgan fingerprint density at radius 3 is 1.80 bits per heavy atom. The highest BCUT2D eigenvalue weighted by Crippen LogP contribution is 2.49. The van der Waals surface area contributed by atoms with E-state index in [-0.39, 0.29) is 0 Å². The number of nitrogens with zero attached hydrogens (tertiary/aromatic N) is 1. The Morgan fingerprint density at radius 2 is 0.944 bits per heavy atom. The van der Waals surface area contributed by atoms with Gasteiger partial charge in [0, 0.05) is 22.0 Å². The van der Waals surface area contributed by atoms with Gasteiger partial charge in [-0.25, -0.2) is 0 Å². The van der Waals surface area contributed by atoms with Crippen molar-refractivity contribution in [2.24, 2.45) is 0 Å². The summed E-state index contributed by atoms with van der Waals surface area (Å²) >= 11 is 0. The van der Waals surface area contributed by atoms with Crippen molar-refractivity contribution in [3.63, 3.8) is 0 Å². The van der Waals surface area contributed by atoms with E-state index in [1.165, 1.54) is 54.2 Å². The van der Waals surface area contributed by atoms with E-state index >= 15 is 0 Å². The van der Waals surface area contributed by atoms with Gasteiger partial charge in [-0.1, -0.05) is 164 Å². The van der Waals surface area contributed by atoms with E-state index in [0.29, 0.717) is 0 Å². The number of benzene rings is 10. The first kappa shape index (κ1) is 30.5. The summed E-state index contributed by atoms with van der Waals surface area (Å²) in [6.07, 6.45) is 0. The number of fused-ring (bicyclic) bond motifs is 8. The molecule has 54 heavy (non-hydrogen) atoms. The van der Waals surface area contributed by atoms with Gasteiger partial charge in [-0.2, -0.15) is 0 Å². The van der Waals surface area contributed by atoms with Gasteiger partial charge in [0.2, 0.25) is 0 Å². The van der Waals surface area contributed by atoms with Gasteiger partial charge < -0.3 is 9.32 Å². The molecule has 0 saturated carbocycles. The molecule has 0 bridgehead atoms. The van der Waals surface area contributed by atoms with Crippen LogP contribution in [-0.4, -0.2) is 0 Å². The lowest BCUT2D eigenvalue weighted by atomic mass is 9.94. The molecule has 2 nitrogen and oxygen atoms in total. The van der Waals surface area contributed by atoms with Crippen LogP contribution in [0, 0.1) is 0 Å². The quantitative estimate of drug-likeness (QED) is 0.168. The first-order chi connectivity index (χ1) is 26.8. The molecule has 0 aliphatic heterocycles. The van der Waals surface area contributed by atoms with Gasteiger partial charge in [0.15, 0.2) is 0 Å². The van der Waals surface area contributed by atoms with E-state index < -0.39 is 0 Å². The van der Waals surface area contributed by atoms with E-state index in [0.717, 1.165) is 50.1 Å². The predicted octanol–water partition coefficient (Wildman–Crippen LogP) is 15.0. The molecule has 1 aromatic heterocycles. The van der Waals surface area contributed by atoms with Gasteiger partial charge in [-0.3, -0.25) is 0 Å². The Kier molecular flexibility index (Phi) is 6.90. The Balaban J connectivity index is 1.23. The molecule has 0 fully saturated rings. The maximum absolute atomic E-state index is 6.91. The summed E-state index contributed by atoms with van der Waals surface area (Å²) in [5, 5.41) is 11.9. The SMILES string of the molecule is c1ccc(-c2ccc(N(c3ccc4c(ccc5ccccc54)c3)c3ccc(-c4cccc5ccccc45)c4oc5ccccc5c34)c3ccccc23)cc1. The molecule has 0 aliphatic carbocycles. The molecule has 0 atom stereocenters. The van der Waals surface area contributed by atoms with Crippen LogP contribution >= 0.6 is 0 Å². The van der Waals surface area contributed by atoms with Crippen molar-refractivity contribution in [3.8, 4) is 22.3 Å². The highest BCUT2D eigenvalue weighted by molar-refractivity contribution is 6.20. The number of anilines is 3. The highest BCUT2D eigenvalue weighted by Gasteiger charge is 2.24. The minimum Gasteiger partial charge on any atom is -0.455 e. The minimum atomic E-state index is 0.871. The van der Waals surface area contributed by atoms with Crippen molar-refractivity contribution >= 4 is 82.1 Å². The van der Waals surface area contributed by atoms with Crippen molar-refractivity contribution in [2.75, 3.05) is 4.90 Å². The average molecular weight is 688 g/mol. The number of para-hydroxylation sites is 1. The molecule has 0 saturated heterocycles. The molecule has 0 aliphatic rings. The molecule has 1 heterocycles. The van der Waals surface area contributed by atoms with Crippen LogP contribution in [-0.2, 0) is 0 Å². The van der Waals surface area contributed by atoms with Crippen molar-refractivity contribution in [1.82, 2.24) is 0 Å². The number of hydrogen-bond donors (Lipinski definition) is 0. The van der Waals surface area contributed by atoms with Crippen LogP contribution in [0.1, 0.15) is 0 Å². The lowest BCUT2D eigenvalue weighted by Crippen LogP contribution is -2.11. The zero-order valence-electron chi connectivity index (χ0n) is 29.4. The Hall–Kier alpha value is -7.16. The van der Waals surface area contributed by atoms with Gasteiger partial charge in [0.1, 0.15) is 11.2 Å². The zero-order valence-corrected chi connectivity index (χ0v) is 29.4. The second-order valence-electron chi connectivity index (χ2n) is 14.0. The first-order valence-corrected chi connectivity index (χ1v) is 18.5. The monoisotopic (exact) mass is 687 g/mol. The van der Waals surface area contributed by atoms with E-state index in [4.69, 9.17) is 4.42 Å². The summed E-state index contributed by atoms with van der Waals surface area (Å²) in [6.45, 7) is 0. The summed E-state index contributed by atoms with van der Waals surface area (Å²) in [5.41, 5.74) is 9.66. The van der Waals surface area contributed by atoms with E-state index in [2.05, 4.69) is 205 Å². The van der Waals surface area contributed by atoms with E-state index in [1.807, 2.05) is 0 Å². The molecule has 10 aromatic carbocycles. The molecule has 11 aromatic rings. The summed E-state index contributed by atoms with van der Waals surface area (Å²) in [5.74, 6) is 0. The molecule has 252 valence electrons. The second kappa shape index (κ2) is 12.2. The molecule has 0 radical (unpaired) electrons. The van der Waals surface area contributed by atoms with Crippen LogP contribution in [0.3, 0.4) is 0 Å². The van der Waals surface area contributed by atoms with Crippen molar-refractivity contribution in [1.29, 1.82) is 0 Å². The van der Waals surface area contributed by atoms with Crippen molar-refractivity contribution in [3.05, 3.63) is 200 Å². The average Bonchev–Trinajstić information content (AvgIpc) is 3.64. The van der Waals surface area contributed by atoms with E-state index in [9.17, 15) is 0 Å². The van der Waals surface area contributed by atoms with Crippen LogP contribution in [0.5, 0.6) is 0 Å². The van der Waals surface area contributed by atoms with Gasteiger partial charge in [-0.05, 0) is 90.8 Å². The largest absolute Gasteiger partial charge is 0.455 e. The molecular formula is C52H33NO. The number of rotatable bonds is 5. The summed E-state index contributed by atoms with van der Waals surface area (Å²) < 4.78 is 6.91. The standard InChI is InChI=1S/C52H33NO/c1-2-13-34(14-3-1)41-29-31-48(45-21-9-8-20-43(41)45)53(38-27-28-42-37(33-38)26-25-36-16-5-6-18-39(36)42)49-32-30-46(44-23-12-17-35-15-4-7-19-40(35)44)52-51(49)47-22-10-11-24-50(47)54-52/h1-33H. The molecule has 2 heteroatoms. The van der Waals surface area contributed by atoms with Gasteiger partial charge >= 0.3 is 0 Å². The molecule has 0 spiro atoms. The van der Waals surface area contributed by atoms with Gasteiger partial charge in [0.05, 0.1) is 16.8 Å². The third-order valence-electron chi connectivity index (χ3n) is 11.0. The third-order valence-corrected chi connectivity index (χ3v) is 11.0. The Morgan fingerprint density at radius 1 is 0.333 bits per heavy atom. The number of hydrogen-bond acceptors (Lipinski definition) is 2. The topological polar surface area (TPSA) is 16.4 Å². The van der Waals surface area contributed by atoms with Crippen LogP contribution in [0.25, 0.3) is 87.3 Å². The fourth-order valence-electron chi connectivity index (χ4n) is 8.56. The fraction of sp³-hybridized carbons (Fsp3) is 0. The molecule has 0 N–H and O–H groups in total. The normalized spacial score (nSPS) is 11.7. The fourth-order valence-corrected chi connectivity index (χ4v) is 8.56. The van der Waals surface area contributed by atoms with Crippen LogP contribution in [0.2, 0.25) is 0 Å². The number of furan rings is 1. The van der Waals surface area contributed by atoms with Crippen LogP contribution in [0.15, 0.2) is 205 Å². The minimum absolute atomic E-state index is 0.871. The summed E-state index contributed by atoms with van der Waals surface area (Å²) in [4.78, 5) is 2.45. The lowest BCUT2D eigenvalue weighted by Gasteiger charge is -2.29. The summed E-state index contributed by atoms with van der Waals surface area (Å²) in [6, 6.07) is 72.2. The Bertz CT molecular complexity index is 3220. The second-order valence-corrected chi connectivity index (χ2v) is 14.0. The van der Waals surface area contributed by atoms with Crippen LogP contribution in [0.4, 0.5) is 17.1 Å². The predicted molar refractivity (Wildman–Crippen MR) is 229 cm³/mol. The van der Waals surface area contributed by atoms with Gasteiger partial charge in [0.25, 0.3) is 0 Å². The van der Waals surface area contributed by atoms with E-state index in [1.54, 1.807) is 0 Å². The summed E-state index contributed by atoms with van der Waals surface area (Å²) in [7, 11) is 0. The van der Waals surface area contributed by atoms with Gasteiger partial charge in [-0.15, -0.1) is 0 Å². The van der Waals surface area contributed by atoms with Crippen molar-refractivity contribution in [2.45, 2.75) is 0 Å². The maximum atomic E-state index is 6.91. The molecule has 0 unspecified atom stereocenters. The zero-order chi connectivity index (χ0) is 35.6. The molecule has 11 rings (SSSR count). The van der Waals surface area contributed by atoms with Crippen molar-refractivity contribution < 1.29 is 4.42 Å². The molecular weight excluding hydrogens is 655 g/mol. The smallest absolute Gasteiger partial charge is 0.145 e. The molecule has 0 amide bonds. The highest BCUT2D eigenvalue weighted by atomic mass is 16.3. The first-order valence-electron chi connectivity index (χ1n) is 18.5. The third kappa shape index (κ3) is 4.74. The van der Waals surface area contributed by atoms with Crippen LogP contribution < -0.4 is 4.90 Å².